The van der Waals surface area contributed by atoms with Crippen LogP contribution in [0.5, 0.6) is 0 Å². The molecule has 2 N–H and O–H groups in total. The summed E-state index contributed by atoms with van der Waals surface area (Å²) in [5.74, 6) is -1.84. The lowest BCUT2D eigenvalue weighted by atomic mass is 10.2. The fourth-order valence-electron chi connectivity index (χ4n) is 2.68. The number of aliphatic carboxylic acids is 2. The lowest BCUT2D eigenvalue weighted by molar-refractivity contribution is -0.136. The van der Waals surface area contributed by atoms with E-state index in [-0.39, 0.29) is 19.3 Å². The summed E-state index contributed by atoms with van der Waals surface area (Å²) < 4.78 is 0. The Bertz CT molecular complexity index is 475. The zero-order valence-corrected chi connectivity index (χ0v) is 11.3. The zero-order chi connectivity index (χ0) is 14.7. The van der Waals surface area contributed by atoms with E-state index in [1.807, 2.05) is 31.2 Å². The monoisotopic (exact) mass is 278 g/mol. The average molecular weight is 278 g/mol. The molecule has 0 unspecified atom stereocenters. The molecule has 0 fully saturated rings. The maximum atomic E-state index is 11.1. The van der Waals surface area contributed by atoms with Gasteiger partial charge in [0, 0.05) is 0 Å². The maximum Gasteiger partial charge on any atom is 0.323 e. The highest BCUT2D eigenvalue weighted by Crippen LogP contribution is 2.40. The molecule has 6 heteroatoms. The van der Waals surface area contributed by atoms with Crippen molar-refractivity contribution in [1.82, 2.24) is 0 Å². The first-order chi connectivity index (χ1) is 9.54. The van der Waals surface area contributed by atoms with Gasteiger partial charge in [-0.3, -0.25) is 9.59 Å². The number of anilines is 2. The molecule has 1 aliphatic rings. The lowest BCUT2D eigenvalue weighted by Crippen LogP contribution is -2.47. The predicted octanol–water partition coefficient (Wildman–Crippen LogP) is 1.61. The van der Waals surface area contributed by atoms with Crippen LogP contribution >= 0.6 is 0 Å². The highest BCUT2D eigenvalue weighted by atomic mass is 16.4. The first-order valence-electron chi connectivity index (χ1n) is 6.60. The molecule has 0 saturated carbocycles. The minimum atomic E-state index is -0.918. The second-order valence-corrected chi connectivity index (χ2v) is 4.80. The second-order valence-electron chi connectivity index (χ2n) is 4.80. The molecule has 0 aliphatic carbocycles. The van der Waals surface area contributed by atoms with Gasteiger partial charge in [0.25, 0.3) is 0 Å². The van der Waals surface area contributed by atoms with Gasteiger partial charge in [-0.2, -0.15) is 0 Å². The molecule has 0 atom stereocenters. The first-order valence-corrected chi connectivity index (χ1v) is 6.60. The third-order valence-electron chi connectivity index (χ3n) is 3.38. The van der Waals surface area contributed by atoms with Crippen LogP contribution in [0.3, 0.4) is 0 Å². The van der Waals surface area contributed by atoms with E-state index in [2.05, 4.69) is 0 Å². The Hall–Kier alpha value is -2.24. The summed E-state index contributed by atoms with van der Waals surface area (Å²) in [5.41, 5.74) is 1.57. The van der Waals surface area contributed by atoms with Gasteiger partial charge < -0.3 is 20.0 Å². The molecule has 6 nitrogen and oxygen atoms in total. The Labute approximate surface area is 117 Å². The fraction of sp³-hybridized carbons (Fsp3) is 0.429. The number of hydrogen-bond acceptors (Lipinski definition) is 4. The lowest BCUT2D eigenvalue weighted by Gasteiger charge is -2.31. The first kappa shape index (κ1) is 14.2. The van der Waals surface area contributed by atoms with E-state index in [4.69, 9.17) is 10.2 Å². The Morgan fingerprint density at radius 1 is 1.05 bits per heavy atom. The number of hydrogen-bond donors (Lipinski definition) is 2. The normalized spacial score (nSPS) is 14.4. The summed E-state index contributed by atoms with van der Waals surface area (Å²) in [5, 5.41) is 18.2. The molecule has 1 heterocycles. The van der Waals surface area contributed by atoms with Crippen molar-refractivity contribution in [2.24, 2.45) is 0 Å². The molecule has 2 rings (SSSR count). The molecule has 0 saturated heterocycles. The van der Waals surface area contributed by atoms with Gasteiger partial charge in [-0.15, -0.1) is 0 Å². The quantitative estimate of drug-likeness (QED) is 0.822. The largest absolute Gasteiger partial charge is 0.480 e. The van der Waals surface area contributed by atoms with Gasteiger partial charge >= 0.3 is 11.9 Å². The zero-order valence-electron chi connectivity index (χ0n) is 11.3. The summed E-state index contributed by atoms with van der Waals surface area (Å²) in [7, 11) is 0. The molecule has 0 bridgehead atoms. The Kier molecular flexibility index (Phi) is 4.12. The minimum absolute atomic E-state index is 0.127. The third kappa shape index (κ3) is 2.68. The van der Waals surface area contributed by atoms with Crippen LogP contribution in [0, 0.1) is 0 Å². The van der Waals surface area contributed by atoms with E-state index in [1.165, 1.54) is 0 Å². The van der Waals surface area contributed by atoms with E-state index in [0.29, 0.717) is 0 Å². The second kappa shape index (κ2) is 5.81. The Morgan fingerprint density at radius 2 is 1.50 bits per heavy atom. The number of benzene rings is 1. The number of para-hydroxylation sites is 2. The molecule has 0 amide bonds. The van der Waals surface area contributed by atoms with Crippen molar-refractivity contribution in [1.29, 1.82) is 0 Å². The van der Waals surface area contributed by atoms with E-state index < -0.39 is 11.9 Å². The van der Waals surface area contributed by atoms with Gasteiger partial charge in [0.2, 0.25) is 0 Å². The van der Waals surface area contributed by atoms with Gasteiger partial charge in [-0.05, 0) is 18.6 Å². The number of rotatable bonds is 6. The Morgan fingerprint density at radius 3 is 1.85 bits per heavy atom. The number of carboxylic acid groups (broad SMARTS) is 2. The molecular formula is C14H18N2O4. The number of nitrogens with zero attached hydrogens (tertiary/aromatic N) is 2. The standard InChI is InChI=1S/C14H18N2O4/c1-2-5-12-15(8-13(17)18)10-6-3-4-7-11(10)16(12)9-14(19)20/h3-4,6-7,12H,2,5,8-9H2,1H3,(H,17,18)(H,19,20). The van der Waals surface area contributed by atoms with Crippen molar-refractivity contribution < 1.29 is 19.8 Å². The summed E-state index contributed by atoms with van der Waals surface area (Å²) in [6.45, 7) is 1.75. The predicted molar refractivity (Wildman–Crippen MR) is 75.1 cm³/mol. The van der Waals surface area contributed by atoms with Crippen molar-refractivity contribution in [2.45, 2.75) is 25.9 Å². The highest BCUT2D eigenvalue weighted by molar-refractivity contribution is 5.86. The molecule has 1 aromatic carbocycles. The van der Waals surface area contributed by atoms with Crippen molar-refractivity contribution >= 4 is 23.3 Å². The van der Waals surface area contributed by atoms with Gasteiger partial charge in [0.05, 0.1) is 11.4 Å². The molecule has 1 aliphatic heterocycles. The van der Waals surface area contributed by atoms with Crippen LogP contribution in [0.1, 0.15) is 19.8 Å². The van der Waals surface area contributed by atoms with Crippen LogP contribution in [-0.2, 0) is 9.59 Å². The van der Waals surface area contributed by atoms with Crippen LogP contribution < -0.4 is 9.80 Å². The minimum Gasteiger partial charge on any atom is -0.480 e. The van der Waals surface area contributed by atoms with E-state index in [9.17, 15) is 9.59 Å². The summed E-state index contributed by atoms with van der Waals surface area (Å²) in [4.78, 5) is 25.7. The van der Waals surface area contributed by atoms with Crippen LogP contribution in [0.25, 0.3) is 0 Å². The highest BCUT2D eigenvalue weighted by Gasteiger charge is 2.36. The molecular weight excluding hydrogens is 260 g/mol. The fourth-order valence-corrected chi connectivity index (χ4v) is 2.68. The smallest absolute Gasteiger partial charge is 0.323 e. The topological polar surface area (TPSA) is 81.1 Å². The van der Waals surface area contributed by atoms with Crippen LogP contribution in [0.2, 0.25) is 0 Å². The van der Waals surface area contributed by atoms with Gasteiger partial charge in [0.1, 0.15) is 19.3 Å². The Balaban J connectivity index is 2.39. The van der Waals surface area contributed by atoms with E-state index in [1.54, 1.807) is 9.80 Å². The van der Waals surface area contributed by atoms with Gasteiger partial charge in [-0.25, -0.2) is 0 Å². The number of fused-ring (bicyclic) bond motifs is 1. The van der Waals surface area contributed by atoms with Crippen molar-refractivity contribution in [2.75, 3.05) is 22.9 Å². The maximum absolute atomic E-state index is 11.1. The molecule has 0 aromatic heterocycles. The number of carboxylic acids is 2. The van der Waals surface area contributed by atoms with Crippen LogP contribution in [0.15, 0.2) is 24.3 Å². The average Bonchev–Trinajstić information content (AvgIpc) is 2.65. The summed E-state index contributed by atoms with van der Waals surface area (Å²) in [6.07, 6.45) is 1.35. The summed E-state index contributed by atoms with van der Waals surface area (Å²) in [6, 6.07) is 7.34. The molecule has 0 radical (unpaired) electrons. The van der Waals surface area contributed by atoms with E-state index >= 15 is 0 Å². The third-order valence-corrected chi connectivity index (χ3v) is 3.38. The van der Waals surface area contributed by atoms with Gasteiger partial charge in [-0.1, -0.05) is 25.5 Å². The number of carbonyl (C=O) groups is 2. The van der Waals surface area contributed by atoms with E-state index in [0.717, 1.165) is 24.2 Å². The van der Waals surface area contributed by atoms with Crippen molar-refractivity contribution in [3.05, 3.63) is 24.3 Å². The van der Waals surface area contributed by atoms with Crippen LogP contribution in [0.4, 0.5) is 11.4 Å². The summed E-state index contributed by atoms with van der Waals surface area (Å²) >= 11 is 0. The molecule has 108 valence electrons. The van der Waals surface area contributed by atoms with Crippen molar-refractivity contribution in [3.8, 4) is 0 Å². The van der Waals surface area contributed by atoms with Crippen molar-refractivity contribution in [3.63, 3.8) is 0 Å². The molecule has 1 aromatic rings. The molecule has 0 spiro atoms. The molecule has 20 heavy (non-hydrogen) atoms. The SMILES string of the molecule is CCCC1N(CC(=O)O)c2ccccc2N1CC(=O)O. The van der Waals surface area contributed by atoms with Gasteiger partial charge in [0.15, 0.2) is 0 Å². The van der Waals surface area contributed by atoms with Crippen LogP contribution in [-0.4, -0.2) is 41.4 Å².